The Kier molecular flexibility index (Phi) is 12.6. The molecule has 1 rings (SSSR count). The largest absolute Gasteiger partial charge is 0.412 e. The molecule has 0 saturated carbocycles. The van der Waals surface area contributed by atoms with Crippen LogP contribution < -0.4 is 0 Å². The van der Waals surface area contributed by atoms with Crippen molar-refractivity contribution < 1.29 is 10.2 Å². The van der Waals surface area contributed by atoms with Crippen LogP contribution in [0.25, 0.3) is 0 Å². The molecule has 0 aromatic carbocycles. The molecule has 1 aliphatic rings. The Morgan fingerprint density at radius 2 is 1.25 bits per heavy atom. The Balaban J connectivity index is -0.000000107. The predicted octanol–water partition coefficient (Wildman–Crippen LogP) is 1.70. The van der Waals surface area contributed by atoms with Gasteiger partial charge in [-0.2, -0.15) is 0 Å². The fourth-order valence-electron chi connectivity index (χ4n) is 0.144. The smallest absolute Gasteiger partial charge is 0.0860 e. The Hall–Kier alpha value is -0.480. The third-order valence-corrected chi connectivity index (χ3v) is 0.722. The molecule has 0 bridgehead atoms. The van der Waals surface area contributed by atoms with E-state index in [0.29, 0.717) is 0 Å². The zero-order valence-corrected chi connectivity index (χ0v) is 8.51. The summed E-state index contributed by atoms with van der Waals surface area (Å²) in [5, 5.41) is 0. The minimum absolute atomic E-state index is 0. The molecule has 4 heteroatoms. The second kappa shape index (κ2) is 8.62. The first kappa shape index (κ1) is 17.6. The molecule has 0 aromatic rings. The summed E-state index contributed by atoms with van der Waals surface area (Å²) in [5.74, 6) is 0.833. The minimum Gasteiger partial charge on any atom is -0.412 e. The van der Waals surface area contributed by atoms with Crippen LogP contribution in [0, 0.1) is 15.8 Å². The van der Waals surface area contributed by atoms with E-state index in [4.69, 9.17) is 14.7 Å². The molecule has 2 N–H and O–H groups in total. The molecule has 1 heterocycles. The van der Waals surface area contributed by atoms with E-state index in [2.05, 4.69) is 34.6 Å². The summed E-state index contributed by atoms with van der Waals surface area (Å²) in [7, 11) is 0. The Morgan fingerprint density at radius 3 is 1.25 bits per heavy atom. The monoisotopic (exact) mass is 180 g/mol. The standard InChI is InChI=1S/C4H8O.C4H10.O2.H2O/c1-4(2)3-5-4;1-4(2)3;1-2;/h3H2,1-2H3;4H,1-3H3;;1H2. The summed E-state index contributed by atoms with van der Waals surface area (Å²) >= 11 is 0. The first-order chi connectivity index (χ1) is 4.94. The zero-order valence-electron chi connectivity index (χ0n) is 8.51. The van der Waals surface area contributed by atoms with Crippen LogP contribution in [0.1, 0.15) is 34.6 Å². The lowest BCUT2D eigenvalue weighted by Gasteiger charge is -1.81. The van der Waals surface area contributed by atoms with Gasteiger partial charge in [0.05, 0.1) is 12.2 Å². The van der Waals surface area contributed by atoms with Gasteiger partial charge >= 0.3 is 0 Å². The number of hydrogen-bond donors (Lipinski definition) is 0. The van der Waals surface area contributed by atoms with Gasteiger partial charge in [-0.15, -0.1) is 0 Å². The first-order valence-electron chi connectivity index (χ1n) is 3.75. The quantitative estimate of drug-likeness (QED) is 0.532. The third kappa shape index (κ3) is 33.8. The maximum absolute atomic E-state index is 7.00. The van der Waals surface area contributed by atoms with E-state index in [1.54, 1.807) is 0 Å². The van der Waals surface area contributed by atoms with Crippen molar-refractivity contribution in [2.24, 2.45) is 5.92 Å². The lowest BCUT2D eigenvalue weighted by atomic mass is 10.3. The van der Waals surface area contributed by atoms with Crippen molar-refractivity contribution in [1.29, 1.82) is 0 Å². The second-order valence-electron chi connectivity index (χ2n) is 3.78. The van der Waals surface area contributed by atoms with Crippen LogP contribution >= 0.6 is 0 Å². The number of rotatable bonds is 0. The Morgan fingerprint density at radius 1 is 1.17 bits per heavy atom. The summed E-state index contributed by atoms with van der Waals surface area (Å²) in [4.78, 5) is 14.0. The molecule has 1 saturated heterocycles. The van der Waals surface area contributed by atoms with Crippen molar-refractivity contribution in [2.45, 2.75) is 40.2 Å². The van der Waals surface area contributed by atoms with Gasteiger partial charge in [0.2, 0.25) is 0 Å². The molecule has 1 fully saturated rings. The van der Waals surface area contributed by atoms with Crippen LogP contribution in [0.4, 0.5) is 0 Å². The zero-order chi connectivity index (χ0) is 9.49. The molecule has 4 nitrogen and oxygen atoms in total. The molecule has 0 aliphatic carbocycles. The molecule has 0 spiro atoms. The number of hydrogen-bond acceptors (Lipinski definition) is 3. The molecule has 0 aromatic heterocycles. The van der Waals surface area contributed by atoms with E-state index < -0.39 is 0 Å². The van der Waals surface area contributed by atoms with Gasteiger partial charge in [-0.3, -0.25) is 0 Å². The maximum Gasteiger partial charge on any atom is 0.0860 e. The fraction of sp³-hybridized carbons (Fsp3) is 1.00. The van der Waals surface area contributed by atoms with Gasteiger partial charge in [-0.05, 0) is 19.8 Å². The lowest BCUT2D eigenvalue weighted by Crippen LogP contribution is -1.90. The van der Waals surface area contributed by atoms with Gasteiger partial charge < -0.3 is 10.2 Å². The van der Waals surface area contributed by atoms with Gasteiger partial charge in [0, 0.05) is 9.93 Å². The van der Waals surface area contributed by atoms with E-state index in [9.17, 15) is 0 Å². The Labute approximate surface area is 73.8 Å². The highest BCUT2D eigenvalue weighted by Crippen LogP contribution is 2.23. The summed E-state index contributed by atoms with van der Waals surface area (Å²) in [6, 6.07) is 0. The molecule has 0 atom stereocenters. The highest BCUT2D eigenvalue weighted by atomic mass is 16.7. The minimum atomic E-state index is 0. The topological polar surface area (TPSA) is 78.2 Å². The lowest BCUT2D eigenvalue weighted by molar-refractivity contribution is 0.344. The molecular formula is C8H20O4. The molecule has 12 heavy (non-hydrogen) atoms. The summed E-state index contributed by atoms with van der Waals surface area (Å²) < 4.78 is 4.90. The van der Waals surface area contributed by atoms with Crippen LogP contribution in [0.5, 0.6) is 0 Å². The van der Waals surface area contributed by atoms with Gasteiger partial charge in [0.15, 0.2) is 0 Å². The third-order valence-electron chi connectivity index (χ3n) is 0.722. The van der Waals surface area contributed by atoms with Gasteiger partial charge in [0.1, 0.15) is 0 Å². The molecule has 0 radical (unpaired) electrons. The van der Waals surface area contributed by atoms with Crippen LogP contribution in [0.3, 0.4) is 0 Å². The Bertz CT molecular complexity index is 82.3. The highest BCUT2D eigenvalue weighted by Gasteiger charge is 2.32. The average Bonchev–Trinajstić information content (AvgIpc) is 2.50. The summed E-state index contributed by atoms with van der Waals surface area (Å²) in [6.07, 6.45) is 0. The van der Waals surface area contributed by atoms with Gasteiger partial charge in [0.25, 0.3) is 0 Å². The van der Waals surface area contributed by atoms with E-state index in [-0.39, 0.29) is 11.1 Å². The predicted molar refractivity (Wildman–Crippen MR) is 50.9 cm³/mol. The van der Waals surface area contributed by atoms with Crippen LogP contribution in [-0.2, 0) is 4.74 Å². The van der Waals surface area contributed by atoms with Crippen molar-refractivity contribution in [2.75, 3.05) is 6.61 Å². The number of ether oxygens (including phenoxy) is 1. The van der Waals surface area contributed by atoms with Crippen LogP contribution in [0.15, 0.2) is 0 Å². The molecule has 0 amide bonds. The molecule has 76 valence electrons. The first-order valence-corrected chi connectivity index (χ1v) is 3.75. The highest BCUT2D eigenvalue weighted by molar-refractivity contribution is 4.79. The van der Waals surface area contributed by atoms with Gasteiger partial charge in [-0.1, -0.05) is 20.8 Å². The molecule has 1 aliphatic heterocycles. The van der Waals surface area contributed by atoms with Gasteiger partial charge in [-0.25, -0.2) is 0 Å². The van der Waals surface area contributed by atoms with Crippen molar-refractivity contribution in [3.8, 4) is 0 Å². The van der Waals surface area contributed by atoms with E-state index in [0.717, 1.165) is 12.5 Å². The van der Waals surface area contributed by atoms with Crippen molar-refractivity contribution in [1.82, 2.24) is 0 Å². The second-order valence-corrected chi connectivity index (χ2v) is 3.78. The normalized spacial score (nSPS) is 15.8. The average molecular weight is 180 g/mol. The van der Waals surface area contributed by atoms with Crippen LogP contribution in [0.2, 0.25) is 0 Å². The number of epoxide rings is 1. The fourth-order valence-corrected chi connectivity index (χ4v) is 0.144. The maximum atomic E-state index is 7.00. The van der Waals surface area contributed by atoms with E-state index in [1.165, 1.54) is 0 Å². The van der Waals surface area contributed by atoms with Crippen molar-refractivity contribution in [3.63, 3.8) is 0 Å². The van der Waals surface area contributed by atoms with E-state index >= 15 is 0 Å². The molecule has 0 unspecified atom stereocenters. The summed E-state index contributed by atoms with van der Waals surface area (Å²) in [6.45, 7) is 11.6. The summed E-state index contributed by atoms with van der Waals surface area (Å²) in [5.41, 5.74) is 0.250. The van der Waals surface area contributed by atoms with Crippen LogP contribution in [-0.4, -0.2) is 17.7 Å². The molecular weight excluding hydrogens is 160 g/mol. The van der Waals surface area contributed by atoms with Crippen molar-refractivity contribution >= 4 is 0 Å². The van der Waals surface area contributed by atoms with Crippen molar-refractivity contribution in [3.05, 3.63) is 9.93 Å². The van der Waals surface area contributed by atoms with E-state index in [1.807, 2.05) is 0 Å². The SMILES string of the molecule is CC(C)C.CC1(C)CO1.O.O=O.